The van der Waals surface area contributed by atoms with Gasteiger partial charge in [0.1, 0.15) is 0 Å². The molecule has 3 aromatic rings. The van der Waals surface area contributed by atoms with Gasteiger partial charge in [-0.1, -0.05) is 11.2 Å². The summed E-state index contributed by atoms with van der Waals surface area (Å²) in [7, 11) is -1.63. The minimum Gasteiger partial charge on any atom is -0.403 e. The summed E-state index contributed by atoms with van der Waals surface area (Å²) in [6.45, 7) is 1.82. The highest BCUT2D eigenvalue weighted by Crippen LogP contribution is 2.23. The topological polar surface area (TPSA) is 120 Å². The van der Waals surface area contributed by atoms with Crippen molar-refractivity contribution in [1.82, 2.24) is 20.0 Å². The van der Waals surface area contributed by atoms with Crippen LogP contribution in [0, 0.1) is 6.92 Å². The summed E-state index contributed by atoms with van der Waals surface area (Å²) in [5.41, 5.74) is 1.48. The zero-order chi connectivity index (χ0) is 18.2. The zero-order valence-corrected chi connectivity index (χ0v) is 14.5. The Morgan fingerprint density at radius 1 is 1.24 bits per heavy atom. The predicted octanol–water partition coefficient (Wildman–Crippen LogP) is 1.43. The molecular weight excluding hydrogens is 346 g/mol. The van der Waals surface area contributed by atoms with Gasteiger partial charge in [0.05, 0.1) is 4.90 Å². The van der Waals surface area contributed by atoms with Crippen LogP contribution in [0.2, 0.25) is 0 Å². The molecule has 1 amide bonds. The minimum atomic E-state index is -3.35. The fourth-order valence-electron chi connectivity index (χ4n) is 2.08. The molecule has 0 saturated carbocycles. The highest BCUT2D eigenvalue weighted by Gasteiger charge is 2.16. The van der Waals surface area contributed by atoms with Gasteiger partial charge < -0.3 is 4.42 Å². The third-order valence-corrected chi connectivity index (χ3v) is 4.61. The van der Waals surface area contributed by atoms with Crippen LogP contribution in [-0.2, 0) is 16.9 Å². The summed E-state index contributed by atoms with van der Waals surface area (Å²) >= 11 is 0. The number of carbonyl (C=O) groups excluding carboxylic acids is 1. The van der Waals surface area contributed by atoms with E-state index in [4.69, 9.17) is 4.42 Å². The lowest BCUT2D eigenvalue weighted by atomic mass is 10.2. The smallest absolute Gasteiger partial charge is 0.322 e. The first-order valence-electron chi connectivity index (χ1n) is 7.20. The number of aromatic nitrogens is 4. The number of aryl methyl sites for hydroxylation is 2. The number of amides is 1. The maximum absolute atomic E-state index is 12.1. The summed E-state index contributed by atoms with van der Waals surface area (Å²) in [4.78, 5) is 12.3. The average molecular weight is 361 g/mol. The summed E-state index contributed by atoms with van der Waals surface area (Å²) in [6.07, 6.45) is 1.11. The van der Waals surface area contributed by atoms with Crippen molar-refractivity contribution in [3.8, 4) is 11.5 Å². The van der Waals surface area contributed by atoms with Gasteiger partial charge in [0, 0.05) is 24.6 Å². The standard InChI is InChI=1S/C15H15N5O4S/c1-9-7-12(19-20(9)2)13(21)16-15-18-17-14(24-15)10-5-4-6-11(8-10)25(3,22)23/h4-8H,1-3H3,(H,16,18,21). The summed E-state index contributed by atoms with van der Waals surface area (Å²) in [6, 6.07) is 7.63. The second kappa shape index (κ2) is 6.13. The molecule has 25 heavy (non-hydrogen) atoms. The van der Waals surface area contributed by atoms with Crippen LogP contribution >= 0.6 is 0 Å². The van der Waals surface area contributed by atoms with Crippen molar-refractivity contribution in [1.29, 1.82) is 0 Å². The van der Waals surface area contributed by atoms with Gasteiger partial charge >= 0.3 is 6.01 Å². The second-order valence-corrected chi connectivity index (χ2v) is 7.48. The largest absolute Gasteiger partial charge is 0.403 e. The number of benzene rings is 1. The molecule has 1 aromatic carbocycles. The van der Waals surface area contributed by atoms with Gasteiger partial charge in [-0.3, -0.25) is 14.8 Å². The lowest BCUT2D eigenvalue weighted by Gasteiger charge is -2.00. The van der Waals surface area contributed by atoms with Crippen LogP contribution < -0.4 is 5.32 Å². The van der Waals surface area contributed by atoms with Crippen molar-refractivity contribution in [3.05, 3.63) is 41.7 Å². The van der Waals surface area contributed by atoms with Crippen molar-refractivity contribution in [2.75, 3.05) is 11.6 Å². The predicted molar refractivity (Wildman–Crippen MR) is 88.7 cm³/mol. The molecule has 3 rings (SSSR count). The molecule has 0 aliphatic carbocycles. The quantitative estimate of drug-likeness (QED) is 0.746. The highest BCUT2D eigenvalue weighted by atomic mass is 32.2. The molecule has 0 bridgehead atoms. The van der Waals surface area contributed by atoms with E-state index in [9.17, 15) is 13.2 Å². The number of carbonyl (C=O) groups is 1. The minimum absolute atomic E-state index is 0.0954. The molecular formula is C15H15N5O4S. The Morgan fingerprint density at radius 3 is 2.64 bits per heavy atom. The first-order valence-corrected chi connectivity index (χ1v) is 9.09. The molecule has 0 radical (unpaired) electrons. The maximum atomic E-state index is 12.1. The Morgan fingerprint density at radius 2 is 2.00 bits per heavy atom. The summed E-state index contributed by atoms with van der Waals surface area (Å²) < 4.78 is 30.2. The van der Waals surface area contributed by atoms with Crippen molar-refractivity contribution in [3.63, 3.8) is 0 Å². The van der Waals surface area contributed by atoms with Gasteiger partial charge in [-0.15, -0.1) is 5.10 Å². The molecule has 0 atom stereocenters. The van der Waals surface area contributed by atoms with Gasteiger partial charge in [0.25, 0.3) is 5.91 Å². The van der Waals surface area contributed by atoms with Crippen LogP contribution in [0.15, 0.2) is 39.6 Å². The zero-order valence-electron chi connectivity index (χ0n) is 13.7. The van der Waals surface area contributed by atoms with Crippen LogP contribution in [0.1, 0.15) is 16.2 Å². The number of rotatable bonds is 4. The fourth-order valence-corrected chi connectivity index (χ4v) is 2.75. The van der Waals surface area contributed by atoms with E-state index in [1.807, 2.05) is 6.92 Å². The molecule has 0 unspecified atom stereocenters. The maximum Gasteiger partial charge on any atom is 0.322 e. The Kier molecular flexibility index (Phi) is 4.13. The van der Waals surface area contributed by atoms with Gasteiger partial charge in [-0.05, 0) is 31.2 Å². The van der Waals surface area contributed by atoms with Crippen molar-refractivity contribution in [2.45, 2.75) is 11.8 Å². The molecule has 2 aromatic heterocycles. The Balaban J connectivity index is 1.82. The molecule has 130 valence electrons. The first kappa shape index (κ1) is 16.8. The van der Waals surface area contributed by atoms with E-state index in [1.165, 1.54) is 12.1 Å². The van der Waals surface area contributed by atoms with E-state index < -0.39 is 15.7 Å². The molecule has 2 heterocycles. The van der Waals surface area contributed by atoms with Crippen LogP contribution in [0.25, 0.3) is 11.5 Å². The van der Waals surface area contributed by atoms with Crippen molar-refractivity contribution in [2.24, 2.45) is 7.05 Å². The van der Waals surface area contributed by atoms with Crippen LogP contribution in [0.4, 0.5) is 6.01 Å². The number of nitrogens with one attached hydrogen (secondary N) is 1. The second-order valence-electron chi connectivity index (χ2n) is 5.46. The SMILES string of the molecule is Cc1cc(C(=O)Nc2nnc(-c3cccc(S(C)(=O)=O)c3)o2)nn1C. The number of nitrogens with zero attached hydrogens (tertiary/aromatic N) is 4. The van der Waals surface area contributed by atoms with E-state index in [1.54, 1.807) is 29.9 Å². The summed E-state index contributed by atoms with van der Waals surface area (Å²) in [5.74, 6) is -0.387. The van der Waals surface area contributed by atoms with Crippen LogP contribution in [0.3, 0.4) is 0 Å². The molecule has 9 nitrogen and oxygen atoms in total. The molecule has 1 N–H and O–H groups in total. The molecule has 10 heteroatoms. The normalized spacial score (nSPS) is 11.5. The van der Waals surface area contributed by atoms with E-state index >= 15 is 0 Å². The molecule has 0 fully saturated rings. The number of sulfone groups is 1. The van der Waals surface area contributed by atoms with E-state index in [2.05, 4.69) is 20.6 Å². The average Bonchev–Trinajstić information content (AvgIpc) is 3.14. The Bertz CT molecular complexity index is 1030. The first-order chi connectivity index (χ1) is 11.7. The van der Waals surface area contributed by atoms with E-state index in [0.29, 0.717) is 5.56 Å². The van der Waals surface area contributed by atoms with Gasteiger partial charge in [0.15, 0.2) is 15.5 Å². The Hall–Kier alpha value is -3.01. The summed E-state index contributed by atoms with van der Waals surface area (Å²) in [5, 5.41) is 14.1. The molecule has 0 saturated heterocycles. The van der Waals surface area contributed by atoms with Gasteiger partial charge in [-0.2, -0.15) is 5.10 Å². The van der Waals surface area contributed by atoms with Crippen molar-refractivity contribution >= 4 is 21.8 Å². The van der Waals surface area contributed by atoms with E-state index in [-0.39, 0.29) is 22.5 Å². The number of hydrogen-bond acceptors (Lipinski definition) is 7. The van der Waals surface area contributed by atoms with Crippen LogP contribution in [-0.4, -0.2) is 40.6 Å². The van der Waals surface area contributed by atoms with Crippen LogP contribution in [0.5, 0.6) is 0 Å². The van der Waals surface area contributed by atoms with Crippen molar-refractivity contribution < 1.29 is 17.6 Å². The molecule has 0 spiro atoms. The third-order valence-electron chi connectivity index (χ3n) is 3.50. The fraction of sp³-hybridized carbons (Fsp3) is 0.200. The molecule has 0 aliphatic heterocycles. The monoisotopic (exact) mass is 361 g/mol. The van der Waals surface area contributed by atoms with Gasteiger partial charge in [0.2, 0.25) is 5.89 Å². The third kappa shape index (κ3) is 3.58. The van der Waals surface area contributed by atoms with E-state index in [0.717, 1.165) is 11.9 Å². The lowest BCUT2D eigenvalue weighted by Crippen LogP contribution is -2.13. The highest BCUT2D eigenvalue weighted by molar-refractivity contribution is 7.90. The number of hydrogen-bond donors (Lipinski definition) is 1. The Labute approximate surface area is 143 Å². The molecule has 0 aliphatic rings. The lowest BCUT2D eigenvalue weighted by molar-refractivity contribution is 0.101. The van der Waals surface area contributed by atoms with Gasteiger partial charge in [-0.25, -0.2) is 8.42 Å². The number of anilines is 1.